The minimum Gasteiger partial charge on any atom is -0.379 e. The second kappa shape index (κ2) is 10.6. The van der Waals surface area contributed by atoms with Crippen LogP contribution < -0.4 is 4.80 Å². The molecule has 0 radical (unpaired) electrons. The van der Waals surface area contributed by atoms with Crippen molar-refractivity contribution in [3.05, 3.63) is 86.2 Å². The quantitative estimate of drug-likeness (QED) is 0.323. The average molecular weight is 539 g/mol. The van der Waals surface area contributed by atoms with E-state index in [2.05, 4.69) is 44.2 Å². The minimum absolute atomic E-state index is 0.258. The highest BCUT2D eigenvalue weighted by atomic mass is 32.2. The molecule has 186 valence electrons. The molecular weight excluding hydrogens is 513 g/mol. The van der Waals surface area contributed by atoms with Gasteiger partial charge in [0.15, 0.2) is 0 Å². The van der Waals surface area contributed by atoms with Crippen molar-refractivity contribution in [3.8, 4) is 11.3 Å². The topological polar surface area (TPSA) is 76.3 Å². The lowest BCUT2D eigenvalue weighted by atomic mass is 10.1. The molecule has 3 heterocycles. The number of sulfonamides is 1. The number of hydrogen-bond acceptors (Lipinski definition) is 7. The summed E-state index contributed by atoms with van der Waals surface area (Å²) in [5.74, 6) is 0. The third-order valence-corrected chi connectivity index (χ3v) is 9.58. The van der Waals surface area contributed by atoms with E-state index in [9.17, 15) is 8.42 Å². The van der Waals surface area contributed by atoms with Crippen molar-refractivity contribution in [1.29, 1.82) is 0 Å². The number of hydrogen-bond donors (Lipinski definition) is 0. The summed E-state index contributed by atoms with van der Waals surface area (Å²) in [5.41, 5.74) is 5.01. The molecule has 0 unspecified atom stereocenters. The molecule has 5 rings (SSSR count). The molecule has 4 aromatic rings. The fourth-order valence-electron chi connectivity index (χ4n) is 3.78. The van der Waals surface area contributed by atoms with Gasteiger partial charge in [-0.25, -0.2) is 18.1 Å². The van der Waals surface area contributed by atoms with Gasteiger partial charge in [0.05, 0.1) is 40.6 Å². The molecule has 0 saturated carbocycles. The number of rotatable bonds is 6. The minimum atomic E-state index is -3.55. The summed E-state index contributed by atoms with van der Waals surface area (Å²) in [6.45, 7) is 5.70. The van der Waals surface area contributed by atoms with E-state index in [-0.39, 0.29) is 4.90 Å². The smallest absolute Gasteiger partial charge is 0.243 e. The molecular formula is C26H26N4O3S3. The summed E-state index contributed by atoms with van der Waals surface area (Å²) >= 11 is 3.13. The number of nitrogens with zero attached hydrogens (tertiary/aromatic N) is 4. The van der Waals surface area contributed by atoms with Gasteiger partial charge in [0, 0.05) is 24.0 Å². The SMILES string of the molecule is Cc1ccc(-c2csc(=Nc3ccc(S(=O)(=O)N4CCOCC4)cc3)n2N=Cc2sccc2C)cc1. The molecule has 1 aliphatic heterocycles. The summed E-state index contributed by atoms with van der Waals surface area (Å²) in [5, 5.41) is 8.88. The van der Waals surface area contributed by atoms with Gasteiger partial charge >= 0.3 is 0 Å². The third kappa shape index (κ3) is 5.28. The van der Waals surface area contributed by atoms with Gasteiger partial charge in [-0.05, 0) is 55.1 Å². The van der Waals surface area contributed by atoms with Crippen LogP contribution >= 0.6 is 22.7 Å². The summed E-state index contributed by atoms with van der Waals surface area (Å²) < 4.78 is 34.5. The zero-order valence-corrected chi connectivity index (χ0v) is 22.4. The van der Waals surface area contributed by atoms with Crippen molar-refractivity contribution in [3.63, 3.8) is 0 Å². The van der Waals surface area contributed by atoms with Crippen molar-refractivity contribution in [2.24, 2.45) is 10.1 Å². The summed E-state index contributed by atoms with van der Waals surface area (Å²) in [6.07, 6.45) is 1.86. The molecule has 1 aliphatic rings. The van der Waals surface area contributed by atoms with Crippen LogP contribution in [0.15, 0.2) is 80.3 Å². The normalized spacial score (nSPS) is 15.7. The first kappa shape index (κ1) is 24.8. The van der Waals surface area contributed by atoms with Gasteiger partial charge in [-0.1, -0.05) is 29.8 Å². The van der Waals surface area contributed by atoms with Crippen molar-refractivity contribution in [2.75, 3.05) is 26.3 Å². The van der Waals surface area contributed by atoms with Gasteiger partial charge in [-0.2, -0.15) is 9.41 Å². The first-order valence-electron chi connectivity index (χ1n) is 11.5. The molecule has 0 N–H and O–H groups in total. The van der Waals surface area contributed by atoms with Crippen LogP contribution in [0.5, 0.6) is 0 Å². The van der Waals surface area contributed by atoms with Crippen LogP contribution in [0.4, 0.5) is 5.69 Å². The zero-order valence-electron chi connectivity index (χ0n) is 20.0. The number of thiophene rings is 1. The van der Waals surface area contributed by atoms with E-state index in [1.807, 2.05) is 21.7 Å². The van der Waals surface area contributed by atoms with Gasteiger partial charge in [-0.15, -0.1) is 22.7 Å². The highest BCUT2D eigenvalue weighted by Crippen LogP contribution is 2.23. The second-order valence-electron chi connectivity index (χ2n) is 8.42. The fraction of sp³-hybridized carbons (Fsp3) is 0.231. The monoisotopic (exact) mass is 538 g/mol. The van der Waals surface area contributed by atoms with Gasteiger partial charge in [0.1, 0.15) is 0 Å². The Morgan fingerprint density at radius 2 is 1.67 bits per heavy atom. The molecule has 1 fully saturated rings. The Kier molecular flexibility index (Phi) is 7.31. The first-order valence-corrected chi connectivity index (χ1v) is 14.7. The molecule has 10 heteroatoms. The number of thiazole rings is 1. The Balaban J connectivity index is 1.52. The molecule has 0 amide bonds. The van der Waals surface area contributed by atoms with Gasteiger partial charge in [-0.3, -0.25) is 0 Å². The maximum Gasteiger partial charge on any atom is 0.243 e. The van der Waals surface area contributed by atoms with E-state index in [0.717, 1.165) is 16.1 Å². The van der Waals surface area contributed by atoms with Crippen LogP contribution in [0.25, 0.3) is 11.3 Å². The van der Waals surface area contributed by atoms with Crippen molar-refractivity contribution in [1.82, 2.24) is 8.98 Å². The lowest BCUT2D eigenvalue weighted by molar-refractivity contribution is 0.0730. The molecule has 1 saturated heterocycles. The van der Waals surface area contributed by atoms with E-state index < -0.39 is 10.0 Å². The predicted molar refractivity (Wildman–Crippen MR) is 146 cm³/mol. The highest BCUT2D eigenvalue weighted by molar-refractivity contribution is 7.89. The highest BCUT2D eigenvalue weighted by Gasteiger charge is 2.26. The number of aromatic nitrogens is 1. The van der Waals surface area contributed by atoms with Crippen LogP contribution in [0.2, 0.25) is 0 Å². The standard InChI is InChI=1S/C26H26N4O3S3/c1-19-3-5-21(6-4-19)24-18-35-26(30(24)27-17-25-20(2)11-16-34-25)28-22-7-9-23(10-8-22)36(31,32)29-12-14-33-15-13-29/h3-11,16-18H,12-15H2,1-2H3. The van der Waals surface area contributed by atoms with Crippen LogP contribution in [-0.2, 0) is 14.8 Å². The predicted octanol–water partition coefficient (Wildman–Crippen LogP) is 5.03. The van der Waals surface area contributed by atoms with Crippen molar-refractivity contribution >= 4 is 44.6 Å². The van der Waals surface area contributed by atoms with Crippen LogP contribution in [0.3, 0.4) is 0 Å². The van der Waals surface area contributed by atoms with Crippen LogP contribution in [0, 0.1) is 13.8 Å². The molecule has 0 spiro atoms. The number of benzene rings is 2. The Morgan fingerprint density at radius 3 is 2.33 bits per heavy atom. The molecule has 2 aromatic carbocycles. The first-order chi connectivity index (χ1) is 17.4. The van der Waals surface area contributed by atoms with Gasteiger partial charge in [0.2, 0.25) is 14.8 Å². The second-order valence-corrected chi connectivity index (χ2v) is 12.1. The Hall–Kier alpha value is -2.89. The number of ether oxygens (including phenoxy) is 1. The average Bonchev–Trinajstić information content (AvgIpc) is 3.49. The van der Waals surface area contributed by atoms with Gasteiger partial charge in [0.25, 0.3) is 0 Å². The maximum atomic E-state index is 12.9. The van der Waals surface area contributed by atoms with Crippen molar-refractivity contribution in [2.45, 2.75) is 18.7 Å². The maximum absolute atomic E-state index is 12.9. The molecule has 0 bridgehead atoms. The largest absolute Gasteiger partial charge is 0.379 e. The van der Waals surface area contributed by atoms with E-state index >= 15 is 0 Å². The van der Waals surface area contributed by atoms with Crippen LogP contribution in [-0.4, -0.2) is 49.9 Å². The summed E-state index contributed by atoms with van der Waals surface area (Å²) in [7, 11) is -3.55. The Labute approximate surface area is 218 Å². The molecule has 0 atom stereocenters. The van der Waals surface area contributed by atoms with E-state index in [0.29, 0.717) is 36.8 Å². The lowest BCUT2D eigenvalue weighted by Crippen LogP contribution is -2.40. The van der Waals surface area contributed by atoms with Crippen molar-refractivity contribution < 1.29 is 13.2 Å². The zero-order chi connectivity index (χ0) is 25.1. The summed E-state index contributed by atoms with van der Waals surface area (Å²) in [6, 6.07) is 17.1. The molecule has 0 aliphatic carbocycles. The van der Waals surface area contributed by atoms with E-state index in [1.165, 1.54) is 26.8 Å². The Morgan fingerprint density at radius 1 is 0.944 bits per heavy atom. The summed E-state index contributed by atoms with van der Waals surface area (Å²) in [4.78, 5) is 6.85. The van der Waals surface area contributed by atoms with E-state index in [4.69, 9.17) is 14.8 Å². The third-order valence-electron chi connectivity index (χ3n) is 5.89. The fourth-order valence-corrected chi connectivity index (χ4v) is 6.82. The Bertz CT molecular complexity index is 1540. The van der Waals surface area contributed by atoms with Gasteiger partial charge < -0.3 is 4.74 Å². The molecule has 36 heavy (non-hydrogen) atoms. The van der Waals surface area contributed by atoms with E-state index in [1.54, 1.807) is 35.6 Å². The molecule has 7 nitrogen and oxygen atoms in total. The number of morpholine rings is 1. The van der Waals surface area contributed by atoms with Crippen LogP contribution in [0.1, 0.15) is 16.0 Å². The molecule has 2 aromatic heterocycles. The lowest BCUT2D eigenvalue weighted by Gasteiger charge is -2.26. The number of aryl methyl sites for hydroxylation is 2.